The normalized spacial score (nSPS) is 15.8. The van der Waals surface area contributed by atoms with Gasteiger partial charge in [0.15, 0.2) is 5.96 Å². The van der Waals surface area contributed by atoms with Gasteiger partial charge in [0.05, 0.1) is 12.1 Å². The first-order chi connectivity index (χ1) is 14.6. The van der Waals surface area contributed by atoms with Crippen molar-refractivity contribution in [2.45, 2.75) is 12.5 Å². The number of halogens is 2. The van der Waals surface area contributed by atoms with Gasteiger partial charge in [0.2, 0.25) is 0 Å². The van der Waals surface area contributed by atoms with Crippen LogP contribution in [0.25, 0.3) is 0 Å². The summed E-state index contributed by atoms with van der Waals surface area (Å²) >= 11 is 6.25. The number of nitrogens with zero attached hydrogens (tertiary/aromatic N) is 3. The van der Waals surface area contributed by atoms with Crippen molar-refractivity contribution in [2.75, 3.05) is 45.2 Å². The van der Waals surface area contributed by atoms with Gasteiger partial charge in [-0.2, -0.15) is 0 Å². The quantitative estimate of drug-likeness (QED) is 0.209. The number of hydrogen-bond acceptors (Lipinski definition) is 5. The zero-order chi connectivity index (χ0) is 21.3. The highest BCUT2D eigenvalue weighted by molar-refractivity contribution is 14.0. The summed E-state index contributed by atoms with van der Waals surface area (Å²) in [6.07, 6.45) is 2.71. The molecule has 10 heteroatoms. The van der Waals surface area contributed by atoms with Crippen LogP contribution in [-0.4, -0.2) is 63.2 Å². The van der Waals surface area contributed by atoms with E-state index in [0.717, 1.165) is 25.3 Å². The number of methoxy groups -OCH3 is 1. The Kier molecular flexibility index (Phi) is 10.1. The lowest BCUT2D eigenvalue weighted by Gasteiger charge is -2.20. The molecule has 0 aliphatic carbocycles. The summed E-state index contributed by atoms with van der Waals surface area (Å²) in [6, 6.07) is 11.0. The number of amides is 1. The number of aliphatic imine (C=N–C) groups is 1. The van der Waals surface area contributed by atoms with E-state index in [1.54, 1.807) is 44.6 Å². The van der Waals surface area contributed by atoms with Gasteiger partial charge < -0.3 is 25.6 Å². The minimum Gasteiger partial charge on any atom is -0.497 e. The van der Waals surface area contributed by atoms with Crippen LogP contribution in [0.15, 0.2) is 47.6 Å². The molecule has 1 amide bonds. The third kappa shape index (κ3) is 7.13. The lowest BCUT2D eigenvalue weighted by molar-refractivity contribution is 0.0954. The standard InChI is InChI=1S/C21H27ClN6O2.HI/c1-23-21(26-11-10-25-20(29)15-5-3-6-17(13-15)30-2)27-16-8-12-28(14-16)19-18(22)7-4-9-24-19;/h3-7,9,13,16H,8,10-12,14H2,1-2H3,(H,25,29)(H2,23,26,27);1H. The van der Waals surface area contributed by atoms with Crippen LogP contribution in [0.4, 0.5) is 5.82 Å². The van der Waals surface area contributed by atoms with E-state index in [-0.39, 0.29) is 35.9 Å². The molecule has 1 aromatic carbocycles. The van der Waals surface area contributed by atoms with Crippen LogP contribution in [0.1, 0.15) is 16.8 Å². The Morgan fingerprint density at radius 3 is 2.84 bits per heavy atom. The molecule has 3 rings (SSSR count). The summed E-state index contributed by atoms with van der Waals surface area (Å²) in [5.41, 5.74) is 0.566. The predicted octanol–water partition coefficient (Wildman–Crippen LogP) is 2.54. The molecule has 31 heavy (non-hydrogen) atoms. The van der Waals surface area contributed by atoms with E-state index in [4.69, 9.17) is 16.3 Å². The van der Waals surface area contributed by atoms with E-state index in [2.05, 4.69) is 30.8 Å². The Balaban J connectivity index is 0.00000341. The summed E-state index contributed by atoms with van der Waals surface area (Å²) < 4.78 is 5.15. The third-order valence-corrected chi connectivity index (χ3v) is 5.12. The molecular formula is C21H28ClIN6O2. The maximum Gasteiger partial charge on any atom is 0.251 e. The van der Waals surface area contributed by atoms with Crippen molar-refractivity contribution in [2.24, 2.45) is 4.99 Å². The lowest BCUT2D eigenvalue weighted by Crippen LogP contribution is -2.46. The summed E-state index contributed by atoms with van der Waals surface area (Å²) in [5, 5.41) is 10.2. The number of nitrogens with one attached hydrogen (secondary N) is 3. The van der Waals surface area contributed by atoms with Crippen molar-refractivity contribution in [3.63, 3.8) is 0 Å². The Morgan fingerprint density at radius 2 is 2.10 bits per heavy atom. The molecule has 3 N–H and O–H groups in total. The molecule has 1 aliphatic heterocycles. The molecule has 0 radical (unpaired) electrons. The van der Waals surface area contributed by atoms with E-state index in [1.807, 2.05) is 12.1 Å². The Bertz CT molecular complexity index is 898. The molecule has 1 aromatic heterocycles. The Labute approximate surface area is 204 Å². The fraction of sp³-hybridized carbons (Fsp3) is 0.381. The number of carbonyl (C=O) groups is 1. The summed E-state index contributed by atoms with van der Waals surface area (Å²) in [7, 11) is 3.31. The molecule has 1 saturated heterocycles. The van der Waals surface area contributed by atoms with Gasteiger partial charge in [0.1, 0.15) is 11.6 Å². The van der Waals surface area contributed by atoms with Crippen molar-refractivity contribution < 1.29 is 9.53 Å². The van der Waals surface area contributed by atoms with Crippen LogP contribution in [0.3, 0.4) is 0 Å². The number of rotatable bonds is 7. The van der Waals surface area contributed by atoms with Crippen LogP contribution in [0.5, 0.6) is 5.75 Å². The van der Waals surface area contributed by atoms with Gasteiger partial charge >= 0.3 is 0 Å². The van der Waals surface area contributed by atoms with Gasteiger partial charge in [0, 0.05) is 51.0 Å². The second kappa shape index (κ2) is 12.6. The van der Waals surface area contributed by atoms with E-state index in [0.29, 0.717) is 35.4 Å². The zero-order valence-electron chi connectivity index (χ0n) is 17.6. The molecule has 0 spiro atoms. The minimum atomic E-state index is -0.141. The first kappa shape index (κ1) is 25.0. The largest absolute Gasteiger partial charge is 0.497 e. The highest BCUT2D eigenvalue weighted by atomic mass is 127. The number of aromatic nitrogens is 1. The van der Waals surface area contributed by atoms with E-state index in [9.17, 15) is 4.79 Å². The summed E-state index contributed by atoms with van der Waals surface area (Å²) in [5.74, 6) is 2.02. The van der Waals surface area contributed by atoms with Crippen molar-refractivity contribution >= 4 is 53.3 Å². The van der Waals surface area contributed by atoms with Crippen molar-refractivity contribution in [1.29, 1.82) is 0 Å². The molecule has 8 nitrogen and oxygen atoms in total. The molecule has 2 aromatic rings. The smallest absolute Gasteiger partial charge is 0.251 e. The molecule has 1 fully saturated rings. The van der Waals surface area contributed by atoms with Crippen LogP contribution in [0, 0.1) is 0 Å². The average molecular weight is 559 g/mol. The number of carbonyl (C=O) groups excluding carboxylic acids is 1. The van der Waals surface area contributed by atoms with Gasteiger partial charge in [-0.1, -0.05) is 17.7 Å². The van der Waals surface area contributed by atoms with Crippen LogP contribution in [-0.2, 0) is 0 Å². The molecule has 168 valence electrons. The third-order valence-electron chi connectivity index (χ3n) is 4.83. The second-order valence-electron chi connectivity index (χ2n) is 6.87. The van der Waals surface area contributed by atoms with Crippen molar-refractivity contribution in [3.8, 4) is 5.75 Å². The number of anilines is 1. The molecule has 2 heterocycles. The van der Waals surface area contributed by atoms with Gasteiger partial charge in [0.25, 0.3) is 5.91 Å². The van der Waals surface area contributed by atoms with Crippen LogP contribution < -0.4 is 25.6 Å². The molecule has 0 bridgehead atoms. The summed E-state index contributed by atoms with van der Waals surface area (Å²) in [4.78, 5) is 23.1. The minimum absolute atomic E-state index is 0. The lowest BCUT2D eigenvalue weighted by atomic mass is 10.2. The van der Waals surface area contributed by atoms with E-state index < -0.39 is 0 Å². The molecular weight excluding hydrogens is 531 g/mol. The summed E-state index contributed by atoms with van der Waals surface area (Å²) in [6.45, 7) is 2.70. The van der Waals surface area contributed by atoms with Crippen LogP contribution >= 0.6 is 35.6 Å². The topological polar surface area (TPSA) is 90.9 Å². The SMILES string of the molecule is CN=C(NCCNC(=O)c1cccc(OC)c1)NC1CCN(c2ncccc2Cl)C1.I. The first-order valence-electron chi connectivity index (χ1n) is 9.85. The van der Waals surface area contributed by atoms with Gasteiger partial charge in [-0.25, -0.2) is 4.98 Å². The number of ether oxygens (including phenoxy) is 1. The fourth-order valence-corrected chi connectivity index (χ4v) is 3.53. The molecule has 1 unspecified atom stereocenters. The van der Waals surface area contributed by atoms with Crippen LogP contribution in [0.2, 0.25) is 5.02 Å². The number of guanidine groups is 1. The fourth-order valence-electron chi connectivity index (χ4n) is 3.29. The van der Waals surface area contributed by atoms with Gasteiger partial charge in [-0.05, 0) is 36.8 Å². The maximum absolute atomic E-state index is 12.2. The monoisotopic (exact) mass is 558 g/mol. The molecule has 1 atom stereocenters. The number of benzene rings is 1. The Hall–Kier alpha value is -2.27. The zero-order valence-corrected chi connectivity index (χ0v) is 20.7. The van der Waals surface area contributed by atoms with E-state index >= 15 is 0 Å². The highest BCUT2D eigenvalue weighted by Gasteiger charge is 2.25. The number of hydrogen-bond donors (Lipinski definition) is 3. The molecule has 1 aliphatic rings. The van der Waals surface area contributed by atoms with E-state index in [1.165, 1.54) is 0 Å². The maximum atomic E-state index is 12.2. The van der Waals surface area contributed by atoms with Gasteiger partial charge in [-0.15, -0.1) is 24.0 Å². The first-order valence-corrected chi connectivity index (χ1v) is 10.2. The van der Waals surface area contributed by atoms with Crippen molar-refractivity contribution in [3.05, 3.63) is 53.2 Å². The van der Waals surface area contributed by atoms with Gasteiger partial charge in [-0.3, -0.25) is 9.79 Å². The number of pyridine rings is 1. The predicted molar refractivity (Wildman–Crippen MR) is 135 cm³/mol. The molecule has 0 saturated carbocycles. The highest BCUT2D eigenvalue weighted by Crippen LogP contribution is 2.25. The van der Waals surface area contributed by atoms with Crippen molar-refractivity contribution in [1.82, 2.24) is 20.9 Å². The Morgan fingerprint density at radius 1 is 1.29 bits per heavy atom. The average Bonchev–Trinajstić information content (AvgIpc) is 3.24. The second-order valence-corrected chi connectivity index (χ2v) is 7.28.